The van der Waals surface area contributed by atoms with Crippen LogP contribution in [-0.4, -0.2) is 8.97 Å². The normalized spacial score (nSPS) is 11.3. The molecule has 0 aromatic carbocycles. The van der Waals surface area contributed by atoms with Crippen LogP contribution < -0.4 is 5.56 Å². The van der Waals surface area contributed by atoms with Gasteiger partial charge in [0.2, 0.25) is 0 Å². The van der Waals surface area contributed by atoms with Gasteiger partial charge in [-0.25, -0.2) is 0 Å². The van der Waals surface area contributed by atoms with Crippen LogP contribution >= 0.6 is 0 Å². The minimum atomic E-state index is 0.144. The van der Waals surface area contributed by atoms with Gasteiger partial charge in [0.1, 0.15) is 5.52 Å². The number of nitrogens with zero attached hydrogens (tertiary/aromatic N) is 2. The molecule has 2 rings (SSSR count). The third-order valence-corrected chi connectivity index (χ3v) is 3.58. The van der Waals surface area contributed by atoms with E-state index in [1.807, 2.05) is 22.9 Å². The fourth-order valence-corrected chi connectivity index (χ4v) is 2.68. The Morgan fingerprint density at radius 2 is 1.94 bits per heavy atom. The summed E-state index contributed by atoms with van der Waals surface area (Å²) in [5.74, 6) is 0. The van der Waals surface area contributed by atoms with Crippen molar-refractivity contribution in [2.24, 2.45) is 0 Å². The van der Waals surface area contributed by atoms with Crippen molar-refractivity contribution in [1.29, 1.82) is 0 Å². The maximum Gasteiger partial charge on any atom is 0.275 e. The van der Waals surface area contributed by atoms with E-state index in [1.54, 1.807) is 0 Å². The molecule has 3 nitrogen and oxygen atoms in total. The van der Waals surface area contributed by atoms with Gasteiger partial charge in [0.25, 0.3) is 5.56 Å². The summed E-state index contributed by atoms with van der Waals surface area (Å²) >= 11 is 0. The number of rotatable bonds is 5. The molecule has 0 radical (unpaired) electrons. The maximum atomic E-state index is 12.4. The number of aryl methyl sites for hydroxylation is 1. The summed E-state index contributed by atoms with van der Waals surface area (Å²) in [6, 6.07) is 3.87. The fourth-order valence-electron chi connectivity index (χ4n) is 2.68. The van der Waals surface area contributed by atoms with E-state index in [2.05, 4.69) is 25.2 Å². The first-order chi connectivity index (χ1) is 8.74. The van der Waals surface area contributed by atoms with Gasteiger partial charge >= 0.3 is 0 Å². The predicted octanol–water partition coefficient (Wildman–Crippen LogP) is 3.03. The first-order valence-corrected chi connectivity index (χ1v) is 6.96. The quantitative estimate of drug-likeness (QED) is 0.796. The van der Waals surface area contributed by atoms with Crippen molar-refractivity contribution in [3.8, 4) is 0 Å². The molecule has 0 aliphatic rings. The Labute approximate surface area is 108 Å². The van der Waals surface area contributed by atoms with E-state index >= 15 is 0 Å². The Kier molecular flexibility index (Phi) is 3.90. The lowest BCUT2D eigenvalue weighted by molar-refractivity contribution is 0.628. The van der Waals surface area contributed by atoms with Crippen LogP contribution in [0.15, 0.2) is 23.1 Å². The SMILES string of the molecule is CCCCc1c(CC)n2cccc2c(=O)n1CC. The van der Waals surface area contributed by atoms with E-state index < -0.39 is 0 Å². The largest absolute Gasteiger partial charge is 0.314 e. The highest BCUT2D eigenvalue weighted by Crippen LogP contribution is 2.15. The average Bonchev–Trinajstić information content (AvgIpc) is 2.86. The summed E-state index contributed by atoms with van der Waals surface area (Å²) in [7, 11) is 0. The summed E-state index contributed by atoms with van der Waals surface area (Å²) in [6.07, 6.45) is 6.26. The maximum absolute atomic E-state index is 12.4. The summed E-state index contributed by atoms with van der Waals surface area (Å²) in [6.45, 7) is 7.16. The monoisotopic (exact) mass is 246 g/mol. The van der Waals surface area contributed by atoms with E-state index in [4.69, 9.17) is 0 Å². The van der Waals surface area contributed by atoms with Crippen LogP contribution in [0.5, 0.6) is 0 Å². The van der Waals surface area contributed by atoms with Crippen LogP contribution in [0, 0.1) is 0 Å². The third-order valence-electron chi connectivity index (χ3n) is 3.58. The second-order valence-corrected chi connectivity index (χ2v) is 4.66. The standard InChI is InChI=1S/C15H22N2O/c1-4-7-9-13-12(5-2)17-11-8-10-14(17)15(18)16(13)6-3/h8,10-11H,4-7,9H2,1-3H3. The first kappa shape index (κ1) is 12.9. The van der Waals surface area contributed by atoms with Crippen LogP contribution in [0.1, 0.15) is 45.0 Å². The van der Waals surface area contributed by atoms with Crippen LogP contribution in [0.2, 0.25) is 0 Å². The van der Waals surface area contributed by atoms with Gasteiger partial charge in [-0.05, 0) is 38.3 Å². The lowest BCUT2D eigenvalue weighted by atomic mass is 10.1. The van der Waals surface area contributed by atoms with Crippen LogP contribution in [-0.2, 0) is 19.4 Å². The zero-order valence-electron chi connectivity index (χ0n) is 11.6. The Balaban J connectivity index is 2.73. The Hall–Kier alpha value is -1.51. The van der Waals surface area contributed by atoms with Gasteiger partial charge in [-0.3, -0.25) is 4.79 Å². The molecule has 0 aliphatic carbocycles. The van der Waals surface area contributed by atoms with Crippen molar-refractivity contribution in [2.45, 2.75) is 53.0 Å². The molecule has 3 heteroatoms. The highest BCUT2D eigenvalue weighted by molar-refractivity contribution is 5.48. The lowest BCUT2D eigenvalue weighted by Gasteiger charge is -2.17. The Bertz CT molecular complexity index is 592. The lowest BCUT2D eigenvalue weighted by Crippen LogP contribution is -2.27. The molecule has 2 aromatic heterocycles. The van der Waals surface area contributed by atoms with Crippen molar-refractivity contribution < 1.29 is 0 Å². The number of fused-ring (bicyclic) bond motifs is 1. The second-order valence-electron chi connectivity index (χ2n) is 4.66. The zero-order valence-corrected chi connectivity index (χ0v) is 11.6. The smallest absolute Gasteiger partial charge is 0.275 e. The van der Waals surface area contributed by atoms with Gasteiger partial charge in [-0.15, -0.1) is 0 Å². The molecular formula is C15H22N2O. The summed E-state index contributed by atoms with van der Waals surface area (Å²) in [5, 5.41) is 0. The van der Waals surface area contributed by atoms with Crippen molar-refractivity contribution >= 4 is 5.52 Å². The van der Waals surface area contributed by atoms with Crippen molar-refractivity contribution in [2.75, 3.05) is 0 Å². The Morgan fingerprint density at radius 3 is 2.56 bits per heavy atom. The van der Waals surface area contributed by atoms with Crippen LogP contribution in [0.3, 0.4) is 0 Å². The fraction of sp³-hybridized carbons (Fsp3) is 0.533. The number of hydrogen-bond donors (Lipinski definition) is 0. The summed E-state index contributed by atoms with van der Waals surface area (Å²) in [4.78, 5) is 12.4. The Morgan fingerprint density at radius 1 is 1.17 bits per heavy atom. The molecular weight excluding hydrogens is 224 g/mol. The van der Waals surface area contributed by atoms with E-state index in [9.17, 15) is 4.79 Å². The van der Waals surface area contributed by atoms with Crippen molar-refractivity contribution in [1.82, 2.24) is 8.97 Å². The minimum Gasteiger partial charge on any atom is -0.314 e. The molecule has 0 unspecified atom stereocenters. The second kappa shape index (κ2) is 5.42. The van der Waals surface area contributed by atoms with E-state index in [0.29, 0.717) is 0 Å². The van der Waals surface area contributed by atoms with Crippen molar-refractivity contribution in [3.05, 3.63) is 40.1 Å². The van der Waals surface area contributed by atoms with Crippen LogP contribution in [0.4, 0.5) is 0 Å². The molecule has 0 fully saturated rings. The molecule has 2 heterocycles. The predicted molar refractivity (Wildman–Crippen MR) is 75.3 cm³/mol. The van der Waals surface area contributed by atoms with Gasteiger partial charge < -0.3 is 8.97 Å². The van der Waals surface area contributed by atoms with Gasteiger partial charge in [0.15, 0.2) is 0 Å². The average molecular weight is 246 g/mol. The zero-order chi connectivity index (χ0) is 13.1. The topological polar surface area (TPSA) is 26.4 Å². The van der Waals surface area contributed by atoms with Crippen LogP contribution in [0.25, 0.3) is 5.52 Å². The van der Waals surface area contributed by atoms with Crippen molar-refractivity contribution in [3.63, 3.8) is 0 Å². The molecule has 0 atom stereocenters. The molecule has 0 bridgehead atoms. The van der Waals surface area contributed by atoms with Gasteiger partial charge in [-0.1, -0.05) is 20.3 Å². The van der Waals surface area contributed by atoms with Gasteiger partial charge in [-0.2, -0.15) is 0 Å². The molecule has 0 saturated carbocycles. The van der Waals surface area contributed by atoms with E-state index in [1.165, 1.54) is 11.4 Å². The molecule has 0 aliphatic heterocycles. The molecule has 0 spiro atoms. The molecule has 98 valence electrons. The highest BCUT2D eigenvalue weighted by atomic mass is 16.1. The molecule has 2 aromatic rings. The van der Waals surface area contributed by atoms with E-state index in [0.717, 1.165) is 37.7 Å². The number of unbranched alkanes of at least 4 members (excludes halogenated alkanes) is 1. The summed E-state index contributed by atoms with van der Waals surface area (Å²) in [5.41, 5.74) is 3.44. The molecule has 18 heavy (non-hydrogen) atoms. The molecule has 0 saturated heterocycles. The molecule has 0 amide bonds. The first-order valence-electron chi connectivity index (χ1n) is 6.96. The van der Waals surface area contributed by atoms with Gasteiger partial charge in [0.05, 0.1) is 0 Å². The number of aromatic nitrogens is 2. The minimum absolute atomic E-state index is 0.144. The third kappa shape index (κ3) is 1.98. The van der Waals surface area contributed by atoms with E-state index in [-0.39, 0.29) is 5.56 Å². The highest BCUT2D eigenvalue weighted by Gasteiger charge is 2.13. The summed E-state index contributed by atoms with van der Waals surface area (Å²) < 4.78 is 4.02. The number of hydrogen-bond acceptors (Lipinski definition) is 1. The molecule has 0 N–H and O–H groups in total. The van der Waals surface area contributed by atoms with Gasteiger partial charge in [0, 0.05) is 24.1 Å².